The van der Waals surface area contributed by atoms with Crippen LogP contribution in [-0.2, 0) is 9.53 Å². The van der Waals surface area contributed by atoms with E-state index in [1.165, 1.54) is 6.92 Å². The predicted octanol–water partition coefficient (Wildman–Crippen LogP) is 2.44. The van der Waals surface area contributed by atoms with E-state index < -0.39 is 12.1 Å². The van der Waals surface area contributed by atoms with Gasteiger partial charge < -0.3 is 14.6 Å². The molecule has 0 spiro atoms. The Hall–Kier alpha value is -2.07. The summed E-state index contributed by atoms with van der Waals surface area (Å²) in [5.41, 5.74) is 0.721. The van der Waals surface area contributed by atoms with Crippen molar-refractivity contribution in [2.75, 3.05) is 13.7 Å². The number of rotatable bonds is 4. The van der Waals surface area contributed by atoms with Gasteiger partial charge in [0.15, 0.2) is 0 Å². The first-order chi connectivity index (χ1) is 9.10. The van der Waals surface area contributed by atoms with Gasteiger partial charge in [-0.1, -0.05) is 18.2 Å². The third kappa shape index (κ3) is 3.23. The number of hydrogen-bond donors (Lipinski definition) is 1. The van der Waals surface area contributed by atoms with E-state index in [4.69, 9.17) is 9.47 Å². The van der Waals surface area contributed by atoms with E-state index in [-0.39, 0.29) is 6.61 Å². The van der Waals surface area contributed by atoms with E-state index in [9.17, 15) is 9.90 Å². The fraction of sp³-hybridized carbons (Fsp3) is 0.267. The number of methoxy groups -OCH3 is 1. The third-order valence-electron chi connectivity index (χ3n) is 2.90. The number of hydrogen-bond acceptors (Lipinski definition) is 4. The smallest absolute Gasteiger partial charge is 0.302 e. The molecule has 0 saturated carbocycles. The minimum Gasteiger partial charge on any atom is -0.497 e. The Balaban J connectivity index is 2.23. The molecule has 1 atom stereocenters. The second-order valence-corrected chi connectivity index (χ2v) is 4.29. The molecule has 0 heterocycles. The number of fused-ring (bicyclic) bond motifs is 1. The Kier molecular flexibility index (Phi) is 4.02. The van der Waals surface area contributed by atoms with Crippen LogP contribution in [-0.4, -0.2) is 24.8 Å². The molecule has 0 amide bonds. The van der Waals surface area contributed by atoms with Crippen molar-refractivity contribution in [1.82, 2.24) is 0 Å². The van der Waals surface area contributed by atoms with Crippen molar-refractivity contribution in [2.24, 2.45) is 0 Å². The van der Waals surface area contributed by atoms with Crippen molar-refractivity contribution in [3.8, 4) is 5.75 Å². The molecule has 0 aliphatic heterocycles. The van der Waals surface area contributed by atoms with Gasteiger partial charge in [-0.2, -0.15) is 0 Å². The topological polar surface area (TPSA) is 55.8 Å². The molecule has 1 N–H and O–H groups in total. The maximum atomic E-state index is 10.7. The molecule has 0 fully saturated rings. The van der Waals surface area contributed by atoms with Gasteiger partial charge in [0, 0.05) is 6.92 Å². The molecule has 100 valence electrons. The van der Waals surface area contributed by atoms with Gasteiger partial charge in [0.05, 0.1) is 7.11 Å². The van der Waals surface area contributed by atoms with Crippen molar-refractivity contribution >= 4 is 16.7 Å². The number of aliphatic hydroxyl groups excluding tert-OH is 1. The molecule has 0 saturated heterocycles. The summed E-state index contributed by atoms with van der Waals surface area (Å²) in [5.74, 6) is 0.394. The van der Waals surface area contributed by atoms with Gasteiger partial charge in [0.1, 0.15) is 18.5 Å². The van der Waals surface area contributed by atoms with Gasteiger partial charge in [-0.05, 0) is 34.5 Å². The Labute approximate surface area is 111 Å². The lowest BCUT2D eigenvalue weighted by molar-refractivity contribution is -0.144. The van der Waals surface area contributed by atoms with E-state index >= 15 is 0 Å². The lowest BCUT2D eigenvalue weighted by atomic mass is 10.0. The number of esters is 1. The first-order valence-corrected chi connectivity index (χ1v) is 5.99. The van der Waals surface area contributed by atoms with Crippen molar-refractivity contribution in [2.45, 2.75) is 13.0 Å². The molecule has 1 unspecified atom stereocenters. The van der Waals surface area contributed by atoms with E-state index in [0.717, 1.165) is 22.1 Å². The first-order valence-electron chi connectivity index (χ1n) is 5.99. The summed E-state index contributed by atoms with van der Waals surface area (Å²) in [5, 5.41) is 12.0. The normalized spacial score (nSPS) is 12.2. The van der Waals surface area contributed by atoms with Crippen LogP contribution in [0.5, 0.6) is 5.75 Å². The minimum absolute atomic E-state index is 0.0308. The molecule has 2 aromatic carbocycles. The second kappa shape index (κ2) is 5.71. The molecule has 4 heteroatoms. The number of benzene rings is 2. The zero-order valence-corrected chi connectivity index (χ0v) is 10.9. The molecule has 0 aromatic heterocycles. The lowest BCUT2D eigenvalue weighted by Gasteiger charge is -2.12. The van der Waals surface area contributed by atoms with Crippen molar-refractivity contribution in [1.29, 1.82) is 0 Å². The predicted molar refractivity (Wildman–Crippen MR) is 72.1 cm³/mol. The molecule has 0 aliphatic rings. The highest BCUT2D eigenvalue weighted by Crippen LogP contribution is 2.24. The van der Waals surface area contributed by atoms with Crippen molar-refractivity contribution in [3.63, 3.8) is 0 Å². The average Bonchev–Trinajstić information content (AvgIpc) is 2.43. The lowest BCUT2D eigenvalue weighted by Crippen LogP contribution is -2.10. The standard InChI is InChI=1S/C15H16O4/c1-10(16)19-9-15(17)13-4-3-12-8-14(18-2)6-5-11(12)7-13/h3-8,15,17H,9H2,1-2H3. The van der Waals surface area contributed by atoms with Crippen LogP contribution in [0.25, 0.3) is 10.8 Å². The molecule has 0 bridgehead atoms. The van der Waals surface area contributed by atoms with E-state index in [0.29, 0.717) is 0 Å². The van der Waals surface area contributed by atoms with Crippen LogP contribution in [0, 0.1) is 0 Å². The van der Waals surface area contributed by atoms with Crippen molar-refractivity contribution < 1.29 is 19.4 Å². The second-order valence-electron chi connectivity index (χ2n) is 4.29. The molecule has 2 rings (SSSR count). The van der Waals surface area contributed by atoms with Crippen LogP contribution in [0.2, 0.25) is 0 Å². The summed E-state index contributed by atoms with van der Waals surface area (Å²) in [6.45, 7) is 1.29. The highest BCUT2D eigenvalue weighted by Gasteiger charge is 2.10. The fourth-order valence-electron chi connectivity index (χ4n) is 1.87. The molecule has 0 radical (unpaired) electrons. The van der Waals surface area contributed by atoms with E-state index in [1.807, 2.05) is 36.4 Å². The van der Waals surface area contributed by atoms with Crippen LogP contribution < -0.4 is 4.74 Å². The number of aliphatic hydroxyl groups is 1. The highest BCUT2D eigenvalue weighted by atomic mass is 16.5. The Morgan fingerprint density at radius 2 is 1.89 bits per heavy atom. The fourth-order valence-corrected chi connectivity index (χ4v) is 1.87. The number of carbonyl (C=O) groups is 1. The largest absolute Gasteiger partial charge is 0.497 e. The van der Waals surface area contributed by atoms with E-state index in [2.05, 4.69) is 0 Å². The summed E-state index contributed by atoms with van der Waals surface area (Å²) >= 11 is 0. The highest BCUT2D eigenvalue weighted by molar-refractivity contribution is 5.84. The van der Waals surface area contributed by atoms with Gasteiger partial charge in [-0.15, -0.1) is 0 Å². The van der Waals surface area contributed by atoms with Crippen LogP contribution >= 0.6 is 0 Å². The summed E-state index contributed by atoms with van der Waals surface area (Å²) in [4.78, 5) is 10.7. The number of ether oxygens (including phenoxy) is 2. The van der Waals surface area contributed by atoms with Crippen molar-refractivity contribution in [3.05, 3.63) is 42.0 Å². The maximum absolute atomic E-state index is 10.7. The summed E-state index contributed by atoms with van der Waals surface area (Å²) < 4.78 is 9.96. The maximum Gasteiger partial charge on any atom is 0.302 e. The molecular weight excluding hydrogens is 244 g/mol. The molecule has 0 aliphatic carbocycles. The minimum atomic E-state index is -0.810. The SMILES string of the molecule is COc1ccc2cc(C(O)COC(C)=O)ccc2c1. The Morgan fingerprint density at radius 3 is 2.58 bits per heavy atom. The van der Waals surface area contributed by atoms with Crippen LogP contribution in [0.15, 0.2) is 36.4 Å². The van der Waals surface area contributed by atoms with Gasteiger partial charge in [0.25, 0.3) is 0 Å². The van der Waals surface area contributed by atoms with Crippen LogP contribution in [0.3, 0.4) is 0 Å². The third-order valence-corrected chi connectivity index (χ3v) is 2.90. The number of carbonyl (C=O) groups excluding carboxylic acids is 1. The summed E-state index contributed by atoms with van der Waals surface area (Å²) in [7, 11) is 1.62. The molecule has 2 aromatic rings. The van der Waals surface area contributed by atoms with Gasteiger partial charge in [-0.25, -0.2) is 0 Å². The van der Waals surface area contributed by atoms with E-state index in [1.54, 1.807) is 7.11 Å². The summed E-state index contributed by atoms with van der Waals surface area (Å²) in [6, 6.07) is 11.3. The monoisotopic (exact) mass is 260 g/mol. The average molecular weight is 260 g/mol. The first kappa shape index (κ1) is 13.4. The van der Waals surface area contributed by atoms with Gasteiger partial charge in [-0.3, -0.25) is 4.79 Å². The van der Waals surface area contributed by atoms with Crippen LogP contribution in [0.1, 0.15) is 18.6 Å². The molecule has 4 nitrogen and oxygen atoms in total. The van der Waals surface area contributed by atoms with Crippen LogP contribution in [0.4, 0.5) is 0 Å². The Bertz CT molecular complexity index is 592. The zero-order chi connectivity index (χ0) is 13.8. The summed E-state index contributed by atoms with van der Waals surface area (Å²) in [6.07, 6.45) is -0.810. The van der Waals surface area contributed by atoms with Gasteiger partial charge in [0.2, 0.25) is 0 Å². The zero-order valence-electron chi connectivity index (χ0n) is 10.9. The quantitative estimate of drug-likeness (QED) is 0.858. The Morgan fingerprint density at radius 1 is 1.21 bits per heavy atom. The molecular formula is C15H16O4. The van der Waals surface area contributed by atoms with Gasteiger partial charge >= 0.3 is 5.97 Å². The molecule has 19 heavy (non-hydrogen) atoms.